The minimum absolute atomic E-state index is 0.0812. The molecule has 1 atom stereocenters. The highest BCUT2D eigenvalue weighted by Gasteiger charge is 2.38. The van der Waals surface area contributed by atoms with Gasteiger partial charge < -0.3 is 5.32 Å². The van der Waals surface area contributed by atoms with Crippen LogP contribution in [0.25, 0.3) is 0 Å². The molecule has 0 aliphatic carbocycles. The molecule has 1 aliphatic rings. The highest BCUT2D eigenvalue weighted by Crippen LogP contribution is 2.39. The minimum Gasteiger partial charge on any atom is -0.314 e. The van der Waals surface area contributed by atoms with Gasteiger partial charge in [0.2, 0.25) is 0 Å². The number of piperazine rings is 1. The van der Waals surface area contributed by atoms with Crippen molar-refractivity contribution >= 4 is 0 Å². The summed E-state index contributed by atoms with van der Waals surface area (Å²) in [5.74, 6) is 0. The van der Waals surface area contributed by atoms with Gasteiger partial charge in [-0.15, -0.1) is 6.58 Å². The molecule has 1 heterocycles. The van der Waals surface area contributed by atoms with E-state index in [1.807, 2.05) is 4.90 Å². The van der Waals surface area contributed by atoms with E-state index >= 15 is 0 Å². The zero-order valence-corrected chi connectivity index (χ0v) is 15.0. The molecule has 0 amide bonds. The molecular formula is C19H24F6N2. The first-order valence-corrected chi connectivity index (χ1v) is 8.98. The highest BCUT2D eigenvalue weighted by molar-refractivity contribution is 5.35. The molecule has 8 heteroatoms. The van der Waals surface area contributed by atoms with Crippen molar-refractivity contribution in [2.45, 2.75) is 44.1 Å². The number of halogens is 6. The van der Waals surface area contributed by atoms with Crippen molar-refractivity contribution in [3.8, 4) is 0 Å². The van der Waals surface area contributed by atoms with Gasteiger partial charge in [0.1, 0.15) is 0 Å². The van der Waals surface area contributed by atoms with Gasteiger partial charge in [0.15, 0.2) is 0 Å². The molecule has 1 aromatic rings. The third kappa shape index (κ3) is 6.24. The van der Waals surface area contributed by atoms with Crippen LogP contribution in [0.15, 0.2) is 30.9 Å². The Kier molecular flexibility index (Phi) is 7.33. The van der Waals surface area contributed by atoms with E-state index in [2.05, 4.69) is 11.9 Å². The zero-order chi connectivity index (χ0) is 20.1. The average molecular weight is 394 g/mol. The Balaban J connectivity index is 2.40. The maximum absolute atomic E-state index is 13.2. The van der Waals surface area contributed by atoms with E-state index in [1.54, 1.807) is 6.08 Å². The lowest BCUT2D eigenvalue weighted by atomic mass is 9.94. The van der Waals surface area contributed by atoms with Gasteiger partial charge in [-0.25, -0.2) is 0 Å². The number of unbranched alkanes of at least 4 members (excludes halogenated alkanes) is 2. The summed E-state index contributed by atoms with van der Waals surface area (Å²) in [4.78, 5) is 1.97. The molecule has 2 rings (SSSR count). The molecule has 1 N–H and O–H groups in total. The summed E-state index contributed by atoms with van der Waals surface area (Å²) in [5, 5.41) is 3.15. The molecule has 1 aliphatic heterocycles. The van der Waals surface area contributed by atoms with Crippen LogP contribution in [0.2, 0.25) is 0 Å². The Morgan fingerprint density at radius 1 is 0.963 bits per heavy atom. The Hall–Kier alpha value is -1.54. The van der Waals surface area contributed by atoms with Crippen LogP contribution in [0.5, 0.6) is 0 Å². The topological polar surface area (TPSA) is 15.3 Å². The summed E-state index contributed by atoms with van der Waals surface area (Å²) in [6, 6.07) is 1.46. The Bertz CT molecular complexity index is 585. The smallest absolute Gasteiger partial charge is 0.314 e. The van der Waals surface area contributed by atoms with E-state index in [-0.39, 0.29) is 11.6 Å². The first kappa shape index (κ1) is 21.8. The van der Waals surface area contributed by atoms with Gasteiger partial charge in [-0.3, -0.25) is 4.90 Å². The molecule has 0 saturated carbocycles. The summed E-state index contributed by atoms with van der Waals surface area (Å²) in [6.07, 6.45) is -5.11. The number of rotatable bonds is 7. The number of alkyl halides is 6. The number of hydrogen-bond donors (Lipinski definition) is 1. The summed E-state index contributed by atoms with van der Waals surface area (Å²) in [7, 11) is 0. The monoisotopic (exact) mass is 394 g/mol. The fraction of sp³-hybridized carbons (Fsp3) is 0.579. The van der Waals surface area contributed by atoms with Gasteiger partial charge in [-0.1, -0.05) is 12.5 Å². The van der Waals surface area contributed by atoms with E-state index in [0.29, 0.717) is 39.0 Å². The number of hydrogen-bond acceptors (Lipinski definition) is 2. The SMILES string of the molecule is C=CCCCC[C@H](c1cc(C(F)(F)F)cc(C(F)(F)F)c1)N1CCNCC1. The lowest BCUT2D eigenvalue weighted by Gasteiger charge is -2.36. The molecule has 0 unspecified atom stereocenters. The molecule has 1 saturated heterocycles. The van der Waals surface area contributed by atoms with E-state index in [1.165, 1.54) is 0 Å². The van der Waals surface area contributed by atoms with Crippen LogP contribution in [0, 0.1) is 0 Å². The van der Waals surface area contributed by atoms with Crippen LogP contribution >= 0.6 is 0 Å². The molecule has 0 bridgehead atoms. The van der Waals surface area contributed by atoms with E-state index in [4.69, 9.17) is 0 Å². The molecule has 1 aromatic carbocycles. The first-order valence-electron chi connectivity index (χ1n) is 8.98. The standard InChI is InChI=1S/C19H24F6N2/c1-2-3-4-5-6-17(27-9-7-26-8-10-27)14-11-15(18(20,21)22)13-16(12-14)19(23,24)25/h2,11-13,17,26H,1,3-10H2/t17-/m1/s1. The van der Waals surface area contributed by atoms with Crippen LogP contribution in [-0.4, -0.2) is 31.1 Å². The molecular weight excluding hydrogens is 370 g/mol. The Labute approximate surface area is 155 Å². The van der Waals surface area contributed by atoms with Crippen LogP contribution in [-0.2, 0) is 12.4 Å². The lowest BCUT2D eigenvalue weighted by Crippen LogP contribution is -2.45. The number of nitrogens with one attached hydrogen (secondary N) is 1. The number of benzene rings is 1. The van der Waals surface area contributed by atoms with Crippen molar-refractivity contribution in [3.05, 3.63) is 47.5 Å². The maximum Gasteiger partial charge on any atom is 0.416 e. The van der Waals surface area contributed by atoms with Crippen LogP contribution in [0.1, 0.15) is 48.4 Å². The second kappa shape index (κ2) is 9.10. The normalized spacial score (nSPS) is 17.7. The van der Waals surface area contributed by atoms with Gasteiger partial charge >= 0.3 is 12.4 Å². The second-order valence-electron chi connectivity index (χ2n) is 6.71. The van der Waals surface area contributed by atoms with Gasteiger partial charge in [-0.2, -0.15) is 26.3 Å². The van der Waals surface area contributed by atoms with E-state index in [0.717, 1.165) is 25.0 Å². The molecule has 1 fully saturated rings. The van der Waals surface area contributed by atoms with Gasteiger partial charge in [0, 0.05) is 32.2 Å². The Morgan fingerprint density at radius 2 is 1.52 bits per heavy atom. The fourth-order valence-electron chi connectivity index (χ4n) is 3.35. The van der Waals surface area contributed by atoms with Crippen LogP contribution in [0.3, 0.4) is 0 Å². The van der Waals surface area contributed by atoms with Gasteiger partial charge in [0.25, 0.3) is 0 Å². The molecule has 2 nitrogen and oxygen atoms in total. The van der Waals surface area contributed by atoms with Crippen molar-refractivity contribution in [1.82, 2.24) is 10.2 Å². The van der Waals surface area contributed by atoms with Crippen LogP contribution in [0.4, 0.5) is 26.3 Å². The highest BCUT2D eigenvalue weighted by atomic mass is 19.4. The van der Waals surface area contributed by atoms with Crippen molar-refractivity contribution in [3.63, 3.8) is 0 Å². The first-order chi connectivity index (χ1) is 12.6. The summed E-state index contributed by atoms with van der Waals surface area (Å²) >= 11 is 0. The molecule has 0 aromatic heterocycles. The van der Waals surface area contributed by atoms with Gasteiger partial charge in [0.05, 0.1) is 11.1 Å². The Morgan fingerprint density at radius 3 is 2.00 bits per heavy atom. The van der Waals surface area contributed by atoms with E-state index in [9.17, 15) is 26.3 Å². The zero-order valence-electron chi connectivity index (χ0n) is 15.0. The molecule has 0 spiro atoms. The molecule has 152 valence electrons. The summed E-state index contributed by atoms with van der Waals surface area (Å²) < 4.78 is 79.2. The third-order valence-corrected chi connectivity index (χ3v) is 4.72. The number of nitrogens with zero attached hydrogens (tertiary/aromatic N) is 1. The van der Waals surface area contributed by atoms with Crippen molar-refractivity contribution < 1.29 is 26.3 Å². The lowest BCUT2D eigenvalue weighted by molar-refractivity contribution is -0.143. The van der Waals surface area contributed by atoms with Crippen molar-refractivity contribution in [2.75, 3.05) is 26.2 Å². The minimum atomic E-state index is -4.83. The summed E-state index contributed by atoms with van der Waals surface area (Å²) in [5.41, 5.74) is -2.42. The quantitative estimate of drug-likeness (QED) is 0.378. The third-order valence-electron chi connectivity index (χ3n) is 4.72. The predicted molar refractivity (Wildman–Crippen MR) is 92.3 cm³/mol. The largest absolute Gasteiger partial charge is 0.416 e. The van der Waals surface area contributed by atoms with Crippen LogP contribution < -0.4 is 5.32 Å². The summed E-state index contributed by atoms with van der Waals surface area (Å²) in [6.45, 7) is 6.13. The predicted octanol–water partition coefficient (Wildman–Crippen LogP) is 5.42. The van der Waals surface area contributed by atoms with Crippen molar-refractivity contribution in [1.29, 1.82) is 0 Å². The molecule has 27 heavy (non-hydrogen) atoms. The number of allylic oxidation sites excluding steroid dienone is 1. The second-order valence-corrected chi connectivity index (χ2v) is 6.71. The maximum atomic E-state index is 13.2. The average Bonchev–Trinajstić information content (AvgIpc) is 2.60. The molecule has 0 radical (unpaired) electrons. The fourth-order valence-corrected chi connectivity index (χ4v) is 3.35. The van der Waals surface area contributed by atoms with E-state index < -0.39 is 29.5 Å². The van der Waals surface area contributed by atoms with Gasteiger partial charge in [-0.05, 0) is 43.0 Å². The van der Waals surface area contributed by atoms with Crippen molar-refractivity contribution in [2.24, 2.45) is 0 Å².